The van der Waals surface area contributed by atoms with Gasteiger partial charge in [0.1, 0.15) is 11.5 Å². The van der Waals surface area contributed by atoms with Crippen molar-refractivity contribution in [3.63, 3.8) is 0 Å². The molecule has 0 radical (unpaired) electrons. The van der Waals surface area contributed by atoms with E-state index in [9.17, 15) is 9.18 Å². The van der Waals surface area contributed by atoms with Crippen LogP contribution in [0.25, 0.3) is 0 Å². The van der Waals surface area contributed by atoms with Crippen molar-refractivity contribution in [2.75, 3.05) is 11.1 Å². The zero-order chi connectivity index (χ0) is 14.0. The molecule has 0 aliphatic carbocycles. The van der Waals surface area contributed by atoms with E-state index in [1.54, 1.807) is 18.2 Å². The predicted molar refractivity (Wildman–Crippen MR) is 75.0 cm³/mol. The number of nitrogen functional groups attached to an aromatic ring is 1. The van der Waals surface area contributed by atoms with Crippen molar-refractivity contribution in [1.82, 2.24) is 0 Å². The van der Waals surface area contributed by atoms with E-state index < -0.39 is 11.7 Å². The van der Waals surface area contributed by atoms with E-state index in [0.717, 1.165) is 5.56 Å². The number of nitrogens with one attached hydrogen (secondary N) is 1. The van der Waals surface area contributed by atoms with E-state index >= 15 is 0 Å². The molecule has 98 valence electrons. The lowest BCUT2D eigenvalue weighted by atomic mass is 10.1. The Morgan fingerprint density at radius 1 is 1.32 bits per heavy atom. The van der Waals surface area contributed by atoms with Gasteiger partial charge in [-0.05, 0) is 36.8 Å². The Hall–Kier alpha value is -2.07. The quantitative estimate of drug-likeness (QED) is 0.824. The molecule has 0 saturated heterocycles. The van der Waals surface area contributed by atoms with Crippen LogP contribution >= 0.6 is 11.6 Å². The Bertz CT molecular complexity index is 623. The number of carbonyl (C=O) groups is 1. The van der Waals surface area contributed by atoms with E-state index in [0.29, 0.717) is 5.02 Å². The Morgan fingerprint density at radius 2 is 2.05 bits per heavy atom. The minimum atomic E-state index is -0.586. The zero-order valence-electron chi connectivity index (χ0n) is 10.2. The summed E-state index contributed by atoms with van der Waals surface area (Å²) in [5.41, 5.74) is 6.96. The minimum absolute atomic E-state index is 0.0378. The summed E-state index contributed by atoms with van der Waals surface area (Å²) in [6.45, 7) is 1.86. The highest BCUT2D eigenvalue weighted by molar-refractivity contribution is 6.34. The maximum atomic E-state index is 13.6. The molecular weight excluding hydrogens is 267 g/mol. The maximum Gasteiger partial charge on any atom is 0.257 e. The molecule has 0 heterocycles. The Morgan fingerprint density at radius 3 is 2.68 bits per heavy atom. The van der Waals surface area contributed by atoms with Gasteiger partial charge in [0.25, 0.3) is 5.91 Å². The fourth-order valence-electron chi connectivity index (χ4n) is 1.66. The Labute approximate surface area is 115 Å². The van der Waals surface area contributed by atoms with Crippen LogP contribution in [0, 0.1) is 12.7 Å². The van der Waals surface area contributed by atoms with E-state index in [1.165, 1.54) is 18.2 Å². The van der Waals surface area contributed by atoms with E-state index in [2.05, 4.69) is 5.32 Å². The largest absolute Gasteiger partial charge is 0.397 e. The summed E-state index contributed by atoms with van der Waals surface area (Å²) in [5.74, 6) is -1.08. The molecule has 0 unspecified atom stereocenters. The van der Waals surface area contributed by atoms with Crippen LogP contribution in [0.5, 0.6) is 0 Å². The second kappa shape index (κ2) is 5.28. The lowest BCUT2D eigenvalue weighted by molar-refractivity contribution is 0.102. The third-order valence-electron chi connectivity index (χ3n) is 2.65. The lowest BCUT2D eigenvalue weighted by Crippen LogP contribution is -2.15. The first-order chi connectivity index (χ1) is 8.99. The number of aryl methyl sites for hydroxylation is 1. The molecule has 3 nitrogen and oxygen atoms in total. The predicted octanol–water partition coefficient (Wildman–Crippen LogP) is 3.62. The normalized spacial score (nSPS) is 10.3. The highest BCUT2D eigenvalue weighted by Gasteiger charge is 2.14. The molecule has 5 heteroatoms. The third-order valence-corrected chi connectivity index (χ3v) is 2.97. The van der Waals surface area contributed by atoms with Crippen LogP contribution in [0.3, 0.4) is 0 Å². The number of nitrogens with two attached hydrogens (primary N) is 1. The number of hydrogen-bond donors (Lipinski definition) is 2. The van der Waals surface area contributed by atoms with Gasteiger partial charge in [-0.25, -0.2) is 4.39 Å². The minimum Gasteiger partial charge on any atom is -0.397 e. The smallest absolute Gasteiger partial charge is 0.257 e. The number of amides is 1. The van der Waals surface area contributed by atoms with Gasteiger partial charge in [-0.2, -0.15) is 0 Å². The van der Waals surface area contributed by atoms with Gasteiger partial charge in [0, 0.05) is 0 Å². The fourth-order valence-corrected chi connectivity index (χ4v) is 1.98. The summed E-state index contributed by atoms with van der Waals surface area (Å²) in [7, 11) is 0. The summed E-state index contributed by atoms with van der Waals surface area (Å²) in [4.78, 5) is 12.0. The van der Waals surface area contributed by atoms with Crippen molar-refractivity contribution in [2.24, 2.45) is 0 Å². The Kier molecular flexibility index (Phi) is 3.71. The first-order valence-corrected chi connectivity index (χ1v) is 5.98. The van der Waals surface area contributed by atoms with Crippen LogP contribution in [0.4, 0.5) is 15.8 Å². The average molecular weight is 279 g/mol. The summed E-state index contributed by atoms with van der Waals surface area (Å²) in [5, 5.41) is 2.74. The van der Waals surface area contributed by atoms with Crippen molar-refractivity contribution in [3.05, 3.63) is 58.4 Å². The molecule has 0 aliphatic heterocycles. The van der Waals surface area contributed by atoms with Gasteiger partial charge in [0.15, 0.2) is 0 Å². The van der Waals surface area contributed by atoms with Crippen LogP contribution in [-0.4, -0.2) is 5.91 Å². The van der Waals surface area contributed by atoms with Gasteiger partial charge < -0.3 is 11.1 Å². The second-order valence-electron chi connectivity index (χ2n) is 4.14. The standard InChI is InChI=1S/C14H12ClFN2O/c1-8-5-6-9(10(15)7-8)14(19)18-13-11(16)3-2-4-12(13)17/h2-7H,17H2,1H3,(H,18,19). The van der Waals surface area contributed by atoms with Crippen molar-refractivity contribution >= 4 is 28.9 Å². The molecule has 0 atom stereocenters. The SMILES string of the molecule is Cc1ccc(C(=O)Nc2c(N)cccc2F)c(Cl)c1. The fraction of sp³-hybridized carbons (Fsp3) is 0.0714. The maximum absolute atomic E-state index is 13.6. The number of benzene rings is 2. The van der Waals surface area contributed by atoms with Crippen LogP contribution in [-0.2, 0) is 0 Å². The number of hydrogen-bond acceptors (Lipinski definition) is 2. The van der Waals surface area contributed by atoms with E-state index in [-0.39, 0.29) is 16.9 Å². The molecule has 0 spiro atoms. The Balaban J connectivity index is 2.31. The number of carbonyl (C=O) groups excluding carboxylic acids is 1. The average Bonchev–Trinajstić information content (AvgIpc) is 2.33. The molecule has 2 aromatic rings. The first-order valence-electron chi connectivity index (χ1n) is 5.60. The number of halogens is 2. The van der Waals surface area contributed by atoms with E-state index in [4.69, 9.17) is 17.3 Å². The molecule has 0 aromatic heterocycles. The summed E-state index contributed by atoms with van der Waals surface area (Å²) < 4.78 is 13.6. The van der Waals surface area contributed by atoms with Crippen LogP contribution < -0.4 is 11.1 Å². The molecule has 0 saturated carbocycles. The molecular formula is C14H12ClFN2O. The van der Waals surface area contributed by atoms with Gasteiger partial charge >= 0.3 is 0 Å². The van der Waals surface area contributed by atoms with Crippen molar-refractivity contribution in [2.45, 2.75) is 6.92 Å². The van der Waals surface area contributed by atoms with Crippen LogP contribution in [0.15, 0.2) is 36.4 Å². The molecule has 0 bridgehead atoms. The van der Waals surface area contributed by atoms with Gasteiger partial charge in [-0.15, -0.1) is 0 Å². The molecule has 2 rings (SSSR count). The van der Waals surface area contributed by atoms with Crippen LogP contribution in [0.1, 0.15) is 15.9 Å². The van der Waals surface area contributed by atoms with Crippen molar-refractivity contribution < 1.29 is 9.18 Å². The number of rotatable bonds is 2. The van der Waals surface area contributed by atoms with Crippen LogP contribution in [0.2, 0.25) is 5.02 Å². The summed E-state index contributed by atoms with van der Waals surface area (Å²) in [6.07, 6.45) is 0. The van der Waals surface area contributed by atoms with Gasteiger partial charge in [0.05, 0.1) is 16.3 Å². The van der Waals surface area contributed by atoms with Crippen molar-refractivity contribution in [1.29, 1.82) is 0 Å². The topological polar surface area (TPSA) is 55.1 Å². The molecule has 3 N–H and O–H groups in total. The van der Waals surface area contributed by atoms with Gasteiger partial charge in [0.2, 0.25) is 0 Å². The van der Waals surface area contributed by atoms with Gasteiger partial charge in [-0.1, -0.05) is 23.7 Å². The number of anilines is 2. The molecule has 2 aromatic carbocycles. The first kappa shape index (κ1) is 13.4. The monoisotopic (exact) mass is 278 g/mol. The van der Waals surface area contributed by atoms with Crippen molar-refractivity contribution in [3.8, 4) is 0 Å². The molecule has 1 amide bonds. The van der Waals surface area contributed by atoms with E-state index in [1.807, 2.05) is 6.92 Å². The summed E-state index contributed by atoms with van der Waals surface area (Å²) in [6, 6.07) is 9.22. The zero-order valence-corrected chi connectivity index (χ0v) is 11.0. The third kappa shape index (κ3) is 2.85. The highest BCUT2D eigenvalue weighted by Crippen LogP contribution is 2.24. The van der Waals surface area contributed by atoms with Gasteiger partial charge in [-0.3, -0.25) is 4.79 Å². The summed E-state index contributed by atoms with van der Waals surface area (Å²) >= 11 is 5.98. The number of para-hydroxylation sites is 1. The molecule has 0 fully saturated rings. The molecule has 0 aliphatic rings. The lowest BCUT2D eigenvalue weighted by Gasteiger charge is -2.10. The second-order valence-corrected chi connectivity index (χ2v) is 4.55. The molecule has 19 heavy (non-hydrogen) atoms. The highest BCUT2D eigenvalue weighted by atomic mass is 35.5.